The average molecular weight is 1260 g/mol. The van der Waals surface area contributed by atoms with Crippen LogP contribution in [0.3, 0.4) is 0 Å². The molecule has 22 heteroatoms. The van der Waals surface area contributed by atoms with Crippen molar-refractivity contribution in [3.05, 3.63) is 119 Å². The van der Waals surface area contributed by atoms with Crippen molar-refractivity contribution in [1.82, 2.24) is 10.2 Å². The fourth-order valence-corrected chi connectivity index (χ4v) is 10.5. The number of carbonyl (C=O) groups excluding carboxylic acids is 7. The fourth-order valence-electron chi connectivity index (χ4n) is 10.5. The van der Waals surface area contributed by atoms with Gasteiger partial charge in [0.25, 0.3) is 5.91 Å². The van der Waals surface area contributed by atoms with Crippen LogP contribution in [0.2, 0.25) is 0 Å². The van der Waals surface area contributed by atoms with Crippen LogP contribution < -0.4 is 29.2 Å². The summed E-state index contributed by atoms with van der Waals surface area (Å²) in [7, 11) is 2.93. The van der Waals surface area contributed by atoms with Crippen LogP contribution in [0.4, 0.5) is 16.2 Å². The van der Waals surface area contributed by atoms with Crippen molar-refractivity contribution in [3.63, 3.8) is 0 Å². The standard InChI is InChI=1S/C68H85N5O17.CH4/c1-9-14-48-32-50-40-69-56-38-62(60(82-7)36-54(56)65(78)71(50)41-48)88-23-13-24-89-63-39-57-55(37-61(63)83-8)66(79)72-42-49(15-10-2)33-58(72)67(80)73(57)68(81)90-43-47-19-17-46(18-20-47)34-59(76)45(6)70-64(77)53(44(4)5)35-52(75)21-25-85-27-29-87-31-30-86-28-26-84-22-12-16-51(74)11-3;/h9-10,14-15,17-20,36-42,44-45,50,53,58H,11-13,16,21-35,43H2,1-8H3,(H,70,77);1H4/p+1/b14-9+,15-10+;/t45-,50-,53?,58-;/m0./s1. The van der Waals surface area contributed by atoms with Crippen molar-refractivity contribution in [2.24, 2.45) is 16.8 Å². The number of allylic oxidation sites excluding steroid dienone is 4. The molecule has 0 aliphatic carbocycles. The molecule has 0 radical (unpaired) electrons. The van der Waals surface area contributed by atoms with Crippen molar-refractivity contribution in [3.8, 4) is 23.0 Å². The summed E-state index contributed by atoms with van der Waals surface area (Å²) in [6.45, 7) is 13.9. The zero-order valence-electron chi connectivity index (χ0n) is 53.0. The number of hydrogen-bond acceptors (Lipinski definition) is 17. The minimum atomic E-state index is -1.01. The summed E-state index contributed by atoms with van der Waals surface area (Å²) in [6, 6.07) is 11.0. The van der Waals surface area contributed by atoms with Gasteiger partial charge in [0.1, 0.15) is 23.7 Å². The first-order valence-corrected chi connectivity index (χ1v) is 30.8. The van der Waals surface area contributed by atoms with Gasteiger partial charge in [0.15, 0.2) is 35.0 Å². The molecule has 22 nitrogen and oxygen atoms in total. The van der Waals surface area contributed by atoms with E-state index in [0.29, 0.717) is 112 Å². The number of imide groups is 1. The lowest BCUT2D eigenvalue weighted by Crippen LogP contribution is -2.45. The van der Waals surface area contributed by atoms with E-state index >= 15 is 0 Å². The number of benzene rings is 3. The summed E-state index contributed by atoms with van der Waals surface area (Å²) in [5.41, 5.74) is 3.92. The van der Waals surface area contributed by atoms with Crippen LogP contribution in [0.15, 0.2) is 101 Å². The molecule has 4 amide bonds. The highest BCUT2D eigenvalue weighted by atomic mass is 16.6. The lowest BCUT2D eigenvalue weighted by Gasteiger charge is -2.22. The molecule has 7 rings (SSSR count). The molecule has 0 spiro atoms. The number of Topliss-reactive ketones (excluding diaryl/α,β-unsaturated/α-hetero) is 3. The largest absolute Gasteiger partial charge is 0.493 e. The maximum absolute atomic E-state index is 14.6. The molecule has 4 aliphatic heterocycles. The van der Waals surface area contributed by atoms with E-state index in [0.717, 1.165) is 16.0 Å². The predicted molar refractivity (Wildman–Crippen MR) is 343 cm³/mol. The van der Waals surface area contributed by atoms with Gasteiger partial charge in [-0.25, -0.2) is 9.69 Å². The normalized spacial score (nSPS) is 16.5. The number of nitrogens with one attached hydrogen (secondary N) is 1. The molecule has 0 fully saturated rings. The molecule has 0 saturated carbocycles. The number of anilines is 1. The first kappa shape index (κ1) is 71.8. The van der Waals surface area contributed by atoms with Gasteiger partial charge in [-0.2, -0.15) is 4.58 Å². The molecule has 2 N–H and O–H groups in total. The summed E-state index contributed by atoms with van der Waals surface area (Å²) >= 11 is 0. The van der Waals surface area contributed by atoms with Crippen LogP contribution in [0.25, 0.3) is 0 Å². The topological polar surface area (TPSA) is 257 Å². The van der Waals surface area contributed by atoms with Crippen molar-refractivity contribution in [1.29, 1.82) is 0 Å². The Hall–Kier alpha value is -8.31. The molecular weight excluding hydrogens is 1170 g/mol. The molecule has 0 bridgehead atoms. The molecular formula is C69H90N5O17+. The smallest absolute Gasteiger partial charge is 0.421 e. The number of ketones is 3. The number of hydrogen-bond donors (Lipinski definition) is 2. The van der Waals surface area contributed by atoms with Crippen molar-refractivity contribution in [2.75, 3.05) is 85.2 Å². The molecule has 91 heavy (non-hydrogen) atoms. The van der Waals surface area contributed by atoms with Crippen LogP contribution in [0, 0.1) is 11.8 Å². The number of aliphatic hydroxyl groups excluding tert-OH is 1. The van der Waals surface area contributed by atoms with Crippen LogP contribution in [-0.2, 0) is 60.7 Å². The number of amides is 4. The van der Waals surface area contributed by atoms with E-state index in [1.54, 1.807) is 60.6 Å². The molecule has 4 atom stereocenters. The molecule has 0 saturated heterocycles. The van der Waals surface area contributed by atoms with Gasteiger partial charge < -0.3 is 58.0 Å². The van der Waals surface area contributed by atoms with Crippen molar-refractivity contribution >= 4 is 64.7 Å². The Morgan fingerprint density at radius 1 is 0.725 bits per heavy atom. The van der Waals surface area contributed by atoms with Gasteiger partial charge >= 0.3 is 17.9 Å². The second-order valence-electron chi connectivity index (χ2n) is 22.4. The Bertz CT molecular complexity index is 3240. The van der Waals surface area contributed by atoms with Crippen LogP contribution in [0.1, 0.15) is 127 Å². The minimum absolute atomic E-state index is 0. The van der Waals surface area contributed by atoms with Gasteiger partial charge in [0, 0.05) is 87.2 Å². The molecule has 3 aromatic rings. The monoisotopic (exact) mass is 1260 g/mol. The van der Waals surface area contributed by atoms with Crippen LogP contribution in [0.5, 0.6) is 23.0 Å². The third-order valence-electron chi connectivity index (χ3n) is 15.5. The van der Waals surface area contributed by atoms with Gasteiger partial charge in [-0.15, -0.1) is 0 Å². The van der Waals surface area contributed by atoms with Crippen LogP contribution in [-0.4, -0.2) is 166 Å². The molecule has 4 heterocycles. The highest BCUT2D eigenvalue weighted by Crippen LogP contribution is 2.41. The Kier molecular flexibility index (Phi) is 28.3. The summed E-state index contributed by atoms with van der Waals surface area (Å²) in [5, 5.41) is 14.7. The second kappa shape index (κ2) is 35.9. The van der Waals surface area contributed by atoms with E-state index < -0.39 is 35.9 Å². The van der Waals surface area contributed by atoms with Gasteiger partial charge in [-0.05, 0) is 62.3 Å². The number of ether oxygens (including phenoxy) is 9. The number of fused-ring (bicyclic) bond motifs is 4. The highest BCUT2D eigenvalue weighted by Gasteiger charge is 2.48. The Morgan fingerprint density at radius 3 is 1.96 bits per heavy atom. The van der Waals surface area contributed by atoms with E-state index in [1.165, 1.54) is 30.9 Å². The van der Waals surface area contributed by atoms with Gasteiger partial charge in [0.2, 0.25) is 11.9 Å². The number of aliphatic imine (C=N–C) groups is 1. The summed E-state index contributed by atoms with van der Waals surface area (Å²) in [5.74, 6) is -1.40. The predicted octanol–water partition coefficient (Wildman–Crippen LogP) is 9.87. The lowest BCUT2D eigenvalue weighted by molar-refractivity contribution is -0.482. The first-order chi connectivity index (χ1) is 43.5. The number of nitrogens with zero attached hydrogens (tertiary/aromatic N) is 4. The maximum atomic E-state index is 14.6. The zero-order valence-corrected chi connectivity index (χ0v) is 53.0. The Balaban J connectivity index is 0.0000132. The Morgan fingerprint density at radius 2 is 1.33 bits per heavy atom. The second-order valence-corrected chi connectivity index (χ2v) is 22.4. The van der Waals surface area contributed by atoms with E-state index in [4.69, 9.17) is 42.6 Å². The maximum Gasteiger partial charge on any atom is 0.421 e. The quantitative estimate of drug-likeness (QED) is 0.0402. The van der Waals surface area contributed by atoms with Crippen molar-refractivity contribution in [2.45, 2.75) is 131 Å². The molecule has 492 valence electrons. The number of rotatable bonds is 37. The van der Waals surface area contributed by atoms with Gasteiger partial charge in [0.05, 0.1) is 109 Å². The lowest BCUT2D eigenvalue weighted by atomic mass is 9.88. The zero-order chi connectivity index (χ0) is 64.7. The number of methoxy groups -OCH3 is 2. The number of carbonyl (C=O) groups is 7. The molecule has 4 aliphatic rings. The van der Waals surface area contributed by atoms with Crippen molar-refractivity contribution < 1.29 is 85.9 Å². The van der Waals surface area contributed by atoms with Gasteiger partial charge in [-0.1, -0.05) is 76.8 Å². The summed E-state index contributed by atoms with van der Waals surface area (Å²) in [6.07, 6.45) is 14.9. The molecule has 0 aromatic heterocycles. The third kappa shape index (κ3) is 19.8. The van der Waals surface area contributed by atoms with E-state index in [1.807, 2.05) is 65.1 Å². The first-order valence-electron chi connectivity index (χ1n) is 30.8. The SMILES string of the molecule is C.C/C=C/C1=CN2C(=O)c3cc(OC)c(OCCCOc4cc5c(cc4OC)C(O)=[N+]4C=C(/C=C/C)C[C@H]4C(=O)N5C(=O)OCc4ccc(CC(=O)[C@H](C)NC(=O)C(CC(=O)CCOCCOCCOCCOCCCC(=O)CC)C(C)C)cc4)cc3N=C[C@@H]2C1. The molecule has 1 unspecified atom stereocenters. The van der Waals surface area contributed by atoms with Crippen LogP contribution >= 0.6 is 0 Å². The number of aliphatic hydroxyl groups is 1. The minimum Gasteiger partial charge on any atom is -0.493 e. The van der Waals surface area contributed by atoms with E-state index in [-0.39, 0.29) is 123 Å². The van der Waals surface area contributed by atoms with E-state index in [9.17, 15) is 38.7 Å². The summed E-state index contributed by atoms with van der Waals surface area (Å²) < 4.78 is 53.1. The van der Waals surface area contributed by atoms with Gasteiger partial charge in [-0.3, -0.25) is 33.8 Å². The Labute approximate surface area is 533 Å². The highest BCUT2D eigenvalue weighted by molar-refractivity contribution is 6.18. The molecule has 3 aromatic carbocycles. The summed E-state index contributed by atoms with van der Waals surface area (Å²) in [4.78, 5) is 101. The fraction of sp³-hybridized carbons (Fsp3) is 0.493. The average Bonchev–Trinajstić information content (AvgIpc) is 1.65. The third-order valence-corrected chi connectivity index (χ3v) is 15.5. The van der Waals surface area contributed by atoms with E-state index in [2.05, 4.69) is 10.3 Å².